The van der Waals surface area contributed by atoms with Gasteiger partial charge >= 0.3 is 0 Å². The van der Waals surface area contributed by atoms with Crippen molar-refractivity contribution < 1.29 is 9.53 Å². The van der Waals surface area contributed by atoms with Crippen LogP contribution in [0.4, 0.5) is 5.69 Å². The smallest absolute Gasteiger partial charge is 0.237 e. The van der Waals surface area contributed by atoms with Crippen LogP contribution >= 0.6 is 23.8 Å². The second-order valence-electron chi connectivity index (χ2n) is 5.06. The van der Waals surface area contributed by atoms with E-state index in [9.17, 15) is 4.79 Å². The number of rotatable bonds is 4. The first-order valence-corrected chi connectivity index (χ1v) is 7.15. The quantitative estimate of drug-likeness (QED) is 0.839. The van der Waals surface area contributed by atoms with Gasteiger partial charge in [0.15, 0.2) is 0 Å². The van der Waals surface area contributed by atoms with Gasteiger partial charge < -0.3 is 15.8 Å². The maximum absolute atomic E-state index is 12.5. The molecule has 0 atom stereocenters. The molecule has 1 fully saturated rings. The topological polar surface area (TPSA) is 64.3 Å². The van der Waals surface area contributed by atoms with Crippen molar-refractivity contribution in [1.82, 2.24) is 0 Å². The molecule has 6 heteroatoms. The van der Waals surface area contributed by atoms with Gasteiger partial charge in [-0.1, -0.05) is 30.2 Å². The number of methoxy groups -OCH3 is 1. The number of aryl methyl sites for hydroxylation is 1. The van der Waals surface area contributed by atoms with Crippen LogP contribution in [0.5, 0.6) is 5.75 Å². The Hall–Kier alpha value is -1.33. The number of nitrogens with two attached hydrogens (primary N) is 1. The predicted molar refractivity (Wildman–Crippen MR) is 84.4 cm³/mol. The van der Waals surface area contributed by atoms with Crippen LogP contribution in [0, 0.1) is 12.3 Å². The average molecular weight is 313 g/mol. The lowest BCUT2D eigenvalue weighted by Gasteiger charge is -2.39. The second kappa shape index (κ2) is 5.58. The van der Waals surface area contributed by atoms with Crippen LogP contribution in [0.1, 0.15) is 24.8 Å². The molecule has 0 bridgehead atoms. The van der Waals surface area contributed by atoms with Crippen molar-refractivity contribution in [3.63, 3.8) is 0 Å². The minimum absolute atomic E-state index is 0.170. The minimum atomic E-state index is -0.714. The Morgan fingerprint density at radius 1 is 1.50 bits per heavy atom. The summed E-state index contributed by atoms with van der Waals surface area (Å²) in [5.41, 5.74) is 6.46. The van der Waals surface area contributed by atoms with Crippen molar-refractivity contribution in [2.75, 3.05) is 12.4 Å². The number of thiocarbonyl (C=S) groups is 1. The van der Waals surface area contributed by atoms with E-state index in [0.29, 0.717) is 29.3 Å². The molecule has 1 aliphatic carbocycles. The van der Waals surface area contributed by atoms with E-state index in [1.807, 2.05) is 6.92 Å². The molecule has 2 rings (SSSR count). The molecule has 0 radical (unpaired) electrons. The van der Waals surface area contributed by atoms with Crippen molar-refractivity contribution in [3.05, 3.63) is 22.7 Å². The number of benzene rings is 1. The standard InChI is InChI=1S/C14H17ClN2O2S/c1-8-6-10(11(19-2)7-9(8)15)17-13(18)14(12(16)20)4-3-5-14/h6-7H,3-5H2,1-2H3,(H2,16,20)(H,17,18). The number of ether oxygens (including phenoxy) is 1. The third-order valence-corrected chi connectivity index (χ3v) is 4.64. The fraction of sp³-hybridized carbons (Fsp3) is 0.429. The lowest BCUT2D eigenvalue weighted by atomic mass is 9.68. The van der Waals surface area contributed by atoms with Gasteiger partial charge in [-0.15, -0.1) is 0 Å². The number of amides is 1. The maximum Gasteiger partial charge on any atom is 0.237 e. The van der Waals surface area contributed by atoms with Crippen LogP contribution in [0.3, 0.4) is 0 Å². The van der Waals surface area contributed by atoms with E-state index in [1.165, 1.54) is 7.11 Å². The van der Waals surface area contributed by atoms with Crippen molar-refractivity contribution in [2.45, 2.75) is 26.2 Å². The normalized spacial score (nSPS) is 16.1. The van der Waals surface area contributed by atoms with Gasteiger partial charge in [-0.3, -0.25) is 4.79 Å². The molecule has 1 aromatic carbocycles. The molecule has 0 saturated heterocycles. The number of hydrogen-bond acceptors (Lipinski definition) is 3. The summed E-state index contributed by atoms with van der Waals surface area (Å²) in [5, 5.41) is 3.45. The fourth-order valence-corrected chi connectivity index (χ4v) is 2.74. The van der Waals surface area contributed by atoms with E-state index in [-0.39, 0.29) is 10.9 Å². The molecule has 20 heavy (non-hydrogen) atoms. The molecule has 0 unspecified atom stereocenters. The van der Waals surface area contributed by atoms with Gasteiger partial charge in [0.05, 0.1) is 23.2 Å². The summed E-state index contributed by atoms with van der Waals surface area (Å²) in [7, 11) is 1.53. The van der Waals surface area contributed by atoms with Gasteiger partial charge in [0.2, 0.25) is 5.91 Å². The summed E-state index contributed by atoms with van der Waals surface area (Å²) in [4.78, 5) is 12.7. The molecule has 0 aromatic heterocycles. The van der Waals surface area contributed by atoms with Gasteiger partial charge in [-0.25, -0.2) is 0 Å². The van der Waals surface area contributed by atoms with E-state index >= 15 is 0 Å². The largest absolute Gasteiger partial charge is 0.495 e. The average Bonchev–Trinajstić information content (AvgIpc) is 2.31. The number of anilines is 1. The third kappa shape index (κ3) is 2.47. The zero-order valence-electron chi connectivity index (χ0n) is 11.5. The number of carbonyl (C=O) groups excluding carboxylic acids is 1. The first-order chi connectivity index (χ1) is 9.40. The summed E-state index contributed by atoms with van der Waals surface area (Å²) < 4.78 is 5.24. The molecule has 1 amide bonds. The van der Waals surface area contributed by atoms with Crippen LogP contribution in [-0.2, 0) is 4.79 Å². The number of hydrogen-bond donors (Lipinski definition) is 2. The van der Waals surface area contributed by atoms with Gasteiger partial charge in [0, 0.05) is 11.1 Å². The molecule has 3 N–H and O–H groups in total. The second-order valence-corrected chi connectivity index (χ2v) is 5.90. The van der Waals surface area contributed by atoms with Gasteiger partial charge in [0.25, 0.3) is 0 Å². The Balaban J connectivity index is 2.28. The molecule has 108 valence electrons. The van der Waals surface area contributed by atoms with Gasteiger partial charge in [0.1, 0.15) is 5.75 Å². The molecule has 1 saturated carbocycles. The SMILES string of the molecule is COc1cc(Cl)c(C)cc1NC(=O)C1(C(N)=S)CCC1. The third-order valence-electron chi connectivity index (χ3n) is 3.84. The Morgan fingerprint density at radius 2 is 2.15 bits per heavy atom. The van der Waals surface area contributed by atoms with Crippen molar-refractivity contribution >= 4 is 40.4 Å². The minimum Gasteiger partial charge on any atom is -0.495 e. The van der Waals surface area contributed by atoms with E-state index in [2.05, 4.69) is 5.32 Å². The van der Waals surface area contributed by atoms with Crippen LogP contribution in [0.2, 0.25) is 5.02 Å². The molecule has 1 aromatic rings. The van der Waals surface area contributed by atoms with Crippen molar-refractivity contribution in [3.8, 4) is 5.75 Å². The maximum atomic E-state index is 12.5. The number of nitrogens with one attached hydrogen (secondary N) is 1. The van der Waals surface area contributed by atoms with Gasteiger partial charge in [-0.05, 0) is 31.4 Å². The first kappa shape index (κ1) is 15.1. The molecule has 0 aliphatic heterocycles. The van der Waals surface area contributed by atoms with Crippen LogP contribution < -0.4 is 15.8 Å². The summed E-state index contributed by atoms with van der Waals surface area (Å²) in [6.07, 6.45) is 2.35. The van der Waals surface area contributed by atoms with Crippen LogP contribution in [0.25, 0.3) is 0 Å². The summed E-state index contributed by atoms with van der Waals surface area (Å²) in [6, 6.07) is 3.46. The summed E-state index contributed by atoms with van der Waals surface area (Å²) in [6.45, 7) is 1.87. The Kier molecular flexibility index (Phi) is 4.20. The molecule has 0 spiro atoms. The molecular weight excluding hydrogens is 296 g/mol. The predicted octanol–water partition coefficient (Wildman–Crippen LogP) is 3.05. The Morgan fingerprint density at radius 3 is 2.60 bits per heavy atom. The van der Waals surface area contributed by atoms with E-state index < -0.39 is 5.41 Å². The molecule has 1 aliphatic rings. The molecular formula is C14H17ClN2O2S. The lowest BCUT2D eigenvalue weighted by molar-refractivity contribution is -0.125. The highest BCUT2D eigenvalue weighted by molar-refractivity contribution is 7.80. The Bertz CT molecular complexity index is 571. The van der Waals surface area contributed by atoms with E-state index in [4.69, 9.17) is 34.3 Å². The van der Waals surface area contributed by atoms with Crippen LogP contribution in [0.15, 0.2) is 12.1 Å². The zero-order valence-corrected chi connectivity index (χ0v) is 13.0. The first-order valence-electron chi connectivity index (χ1n) is 6.36. The highest BCUT2D eigenvalue weighted by atomic mass is 35.5. The van der Waals surface area contributed by atoms with Gasteiger partial charge in [-0.2, -0.15) is 0 Å². The van der Waals surface area contributed by atoms with Crippen molar-refractivity contribution in [1.29, 1.82) is 0 Å². The highest BCUT2D eigenvalue weighted by Gasteiger charge is 2.47. The van der Waals surface area contributed by atoms with E-state index in [1.54, 1.807) is 12.1 Å². The highest BCUT2D eigenvalue weighted by Crippen LogP contribution is 2.43. The van der Waals surface area contributed by atoms with Crippen LogP contribution in [-0.4, -0.2) is 18.0 Å². The Labute approximate surface area is 128 Å². The summed E-state index contributed by atoms with van der Waals surface area (Å²) in [5.74, 6) is 0.350. The zero-order chi connectivity index (χ0) is 14.9. The molecule has 4 nitrogen and oxygen atoms in total. The van der Waals surface area contributed by atoms with Crippen molar-refractivity contribution in [2.24, 2.45) is 11.1 Å². The fourth-order valence-electron chi connectivity index (χ4n) is 2.29. The number of halogens is 1. The summed E-state index contributed by atoms with van der Waals surface area (Å²) >= 11 is 11.1. The lowest BCUT2D eigenvalue weighted by Crippen LogP contribution is -2.50. The van der Waals surface area contributed by atoms with E-state index in [0.717, 1.165) is 12.0 Å². The molecule has 0 heterocycles. The monoisotopic (exact) mass is 312 g/mol. The number of carbonyl (C=O) groups is 1.